The molecule has 1 amide bonds. The Morgan fingerprint density at radius 2 is 2.27 bits per heavy atom. The molecule has 0 saturated carbocycles. The molecule has 0 aliphatic heterocycles. The SMILES string of the molecule is Cc1c(CC(N)C(=O)Nc2cnccn2)sc2c(NCc3ccco3)cc(Cl)nc12. The Bertz CT molecular complexity index is 1160. The minimum Gasteiger partial charge on any atom is -0.467 e. The molecule has 4 aromatic rings. The molecular formula is C20H19ClN6O2S. The summed E-state index contributed by atoms with van der Waals surface area (Å²) in [6.07, 6.45) is 6.51. The van der Waals surface area contributed by atoms with Crippen LogP contribution in [-0.2, 0) is 17.8 Å². The third-order valence-electron chi connectivity index (χ3n) is 4.53. The smallest absolute Gasteiger partial charge is 0.242 e. The Morgan fingerprint density at radius 1 is 1.40 bits per heavy atom. The standard InChI is InChI=1S/C20H19ClN6O2S/c1-11-15(7-13(22)20(28)27-17-10-23-4-5-24-17)30-19-14(8-16(21)26-18(11)19)25-9-12-3-2-6-29-12/h2-6,8,10,13H,7,9,22H2,1H3,(H,25,26)(H,24,27,28). The number of amides is 1. The van der Waals surface area contributed by atoms with Crippen LogP contribution in [0.25, 0.3) is 10.2 Å². The summed E-state index contributed by atoms with van der Waals surface area (Å²) in [5, 5.41) is 6.42. The second-order valence-electron chi connectivity index (χ2n) is 6.64. The predicted molar refractivity (Wildman–Crippen MR) is 118 cm³/mol. The molecule has 1 unspecified atom stereocenters. The number of furan rings is 1. The third kappa shape index (κ3) is 4.43. The number of nitrogens with two attached hydrogens (primary N) is 1. The van der Waals surface area contributed by atoms with Crippen molar-refractivity contribution in [3.05, 3.63) is 64.4 Å². The van der Waals surface area contributed by atoms with Gasteiger partial charge in [-0.1, -0.05) is 11.6 Å². The van der Waals surface area contributed by atoms with Gasteiger partial charge in [-0.25, -0.2) is 9.97 Å². The summed E-state index contributed by atoms with van der Waals surface area (Å²) in [4.78, 5) is 25.9. The zero-order valence-corrected chi connectivity index (χ0v) is 17.6. The minimum absolute atomic E-state index is 0.325. The zero-order chi connectivity index (χ0) is 21.1. The summed E-state index contributed by atoms with van der Waals surface area (Å²) < 4.78 is 6.33. The lowest BCUT2D eigenvalue weighted by Gasteiger charge is -2.11. The quantitative estimate of drug-likeness (QED) is 0.373. The maximum atomic E-state index is 12.4. The highest BCUT2D eigenvalue weighted by Crippen LogP contribution is 2.37. The topological polar surface area (TPSA) is 119 Å². The second kappa shape index (κ2) is 8.78. The lowest BCUT2D eigenvalue weighted by Crippen LogP contribution is -2.37. The zero-order valence-electron chi connectivity index (χ0n) is 16.1. The molecule has 1 atom stereocenters. The second-order valence-corrected chi connectivity index (χ2v) is 8.14. The maximum Gasteiger partial charge on any atom is 0.242 e. The van der Waals surface area contributed by atoms with Gasteiger partial charge in [0.2, 0.25) is 5.91 Å². The first-order valence-electron chi connectivity index (χ1n) is 9.18. The fraction of sp³-hybridized carbons (Fsp3) is 0.200. The van der Waals surface area contributed by atoms with Gasteiger partial charge in [-0.05, 0) is 24.6 Å². The van der Waals surface area contributed by atoms with Crippen LogP contribution in [0.4, 0.5) is 11.5 Å². The number of nitrogens with zero attached hydrogens (tertiary/aromatic N) is 3. The van der Waals surface area contributed by atoms with Crippen LogP contribution in [0.2, 0.25) is 5.15 Å². The normalized spacial score (nSPS) is 12.1. The van der Waals surface area contributed by atoms with E-state index in [9.17, 15) is 4.79 Å². The van der Waals surface area contributed by atoms with Gasteiger partial charge >= 0.3 is 0 Å². The highest BCUT2D eigenvalue weighted by molar-refractivity contribution is 7.19. The Hall–Kier alpha value is -3.01. The van der Waals surface area contributed by atoms with Crippen LogP contribution >= 0.6 is 22.9 Å². The number of halogens is 1. The largest absolute Gasteiger partial charge is 0.467 e. The number of hydrogen-bond acceptors (Lipinski definition) is 8. The Kier molecular flexibility index (Phi) is 5.93. The third-order valence-corrected chi connectivity index (χ3v) is 6.06. The van der Waals surface area contributed by atoms with Gasteiger partial charge in [0, 0.05) is 29.8 Å². The van der Waals surface area contributed by atoms with E-state index in [1.807, 2.05) is 19.1 Å². The van der Waals surface area contributed by atoms with Crippen LogP contribution in [0.3, 0.4) is 0 Å². The molecule has 0 radical (unpaired) electrons. The molecule has 154 valence electrons. The first-order valence-corrected chi connectivity index (χ1v) is 10.4. The molecule has 8 nitrogen and oxygen atoms in total. The first kappa shape index (κ1) is 20.3. The maximum absolute atomic E-state index is 12.4. The van der Waals surface area contributed by atoms with E-state index in [-0.39, 0.29) is 5.91 Å². The summed E-state index contributed by atoms with van der Waals surface area (Å²) in [6.45, 7) is 2.48. The number of aryl methyl sites for hydroxylation is 1. The van der Waals surface area contributed by atoms with Crippen LogP contribution in [0, 0.1) is 6.92 Å². The number of hydrogen-bond donors (Lipinski definition) is 3. The van der Waals surface area contributed by atoms with Crippen LogP contribution in [0.1, 0.15) is 16.2 Å². The summed E-state index contributed by atoms with van der Waals surface area (Å²) in [6, 6.07) is 4.78. The Morgan fingerprint density at radius 3 is 3.00 bits per heavy atom. The van der Waals surface area contributed by atoms with Gasteiger partial charge in [0.1, 0.15) is 10.9 Å². The minimum atomic E-state index is -0.742. The van der Waals surface area contributed by atoms with Gasteiger partial charge < -0.3 is 20.8 Å². The molecule has 0 aliphatic rings. The van der Waals surface area contributed by atoms with Crippen LogP contribution in [-0.4, -0.2) is 26.9 Å². The number of anilines is 2. The van der Waals surface area contributed by atoms with Crippen molar-refractivity contribution in [1.82, 2.24) is 15.0 Å². The molecule has 4 heterocycles. The summed E-state index contributed by atoms with van der Waals surface area (Å²) >= 11 is 7.79. The van der Waals surface area contributed by atoms with Crippen LogP contribution in [0.5, 0.6) is 0 Å². The summed E-state index contributed by atoms with van der Waals surface area (Å²) in [5.41, 5.74) is 8.77. The van der Waals surface area contributed by atoms with Crippen molar-refractivity contribution in [2.45, 2.75) is 25.9 Å². The first-order chi connectivity index (χ1) is 14.5. The molecule has 4 aromatic heterocycles. The number of carbonyl (C=O) groups excluding carboxylic acids is 1. The lowest BCUT2D eigenvalue weighted by molar-refractivity contribution is -0.117. The highest BCUT2D eigenvalue weighted by atomic mass is 35.5. The molecule has 0 aromatic carbocycles. The lowest BCUT2D eigenvalue weighted by atomic mass is 10.1. The summed E-state index contributed by atoms with van der Waals surface area (Å²) in [5.74, 6) is 0.852. The molecule has 0 spiro atoms. The van der Waals surface area contributed by atoms with Gasteiger partial charge in [-0.15, -0.1) is 11.3 Å². The number of fused-ring (bicyclic) bond motifs is 1. The van der Waals surface area contributed by atoms with Crippen LogP contribution < -0.4 is 16.4 Å². The van der Waals surface area contributed by atoms with E-state index >= 15 is 0 Å². The number of aromatic nitrogens is 3. The highest BCUT2D eigenvalue weighted by Gasteiger charge is 2.20. The fourth-order valence-electron chi connectivity index (χ4n) is 2.99. The van der Waals surface area contributed by atoms with Crippen molar-refractivity contribution in [3.8, 4) is 0 Å². The van der Waals surface area contributed by atoms with E-state index in [2.05, 4.69) is 25.6 Å². The van der Waals surface area contributed by atoms with Crippen molar-refractivity contribution in [2.75, 3.05) is 10.6 Å². The van der Waals surface area contributed by atoms with E-state index < -0.39 is 6.04 Å². The van der Waals surface area contributed by atoms with E-state index in [1.54, 1.807) is 23.7 Å². The van der Waals surface area contributed by atoms with Gasteiger partial charge in [0.15, 0.2) is 5.82 Å². The van der Waals surface area contributed by atoms with E-state index in [4.69, 9.17) is 21.8 Å². The van der Waals surface area contributed by atoms with E-state index in [0.717, 1.165) is 32.1 Å². The van der Waals surface area contributed by atoms with Crippen molar-refractivity contribution in [2.24, 2.45) is 5.73 Å². The summed E-state index contributed by atoms with van der Waals surface area (Å²) in [7, 11) is 0. The molecular weight excluding hydrogens is 424 g/mol. The number of carbonyl (C=O) groups is 1. The monoisotopic (exact) mass is 442 g/mol. The molecule has 0 fully saturated rings. The van der Waals surface area contributed by atoms with E-state index in [1.165, 1.54) is 18.6 Å². The van der Waals surface area contributed by atoms with Crippen molar-refractivity contribution in [3.63, 3.8) is 0 Å². The molecule has 30 heavy (non-hydrogen) atoms. The molecule has 4 N–H and O–H groups in total. The molecule has 0 bridgehead atoms. The molecule has 0 aliphatic carbocycles. The van der Waals surface area contributed by atoms with Gasteiger partial charge in [-0.2, -0.15) is 0 Å². The van der Waals surface area contributed by atoms with Crippen molar-refractivity contribution >= 4 is 50.6 Å². The fourth-order valence-corrected chi connectivity index (χ4v) is 4.48. The predicted octanol–water partition coefficient (Wildman–Crippen LogP) is 3.76. The average molecular weight is 443 g/mol. The van der Waals surface area contributed by atoms with Gasteiger partial charge in [-0.3, -0.25) is 9.78 Å². The molecule has 0 saturated heterocycles. The number of rotatable bonds is 7. The Labute approximate surface area is 181 Å². The number of thiophene rings is 1. The van der Waals surface area contributed by atoms with Crippen molar-refractivity contribution < 1.29 is 9.21 Å². The van der Waals surface area contributed by atoms with E-state index in [0.29, 0.717) is 23.9 Å². The number of pyridine rings is 1. The van der Waals surface area contributed by atoms with Gasteiger partial charge in [0.25, 0.3) is 0 Å². The molecule has 4 rings (SSSR count). The molecule has 10 heteroatoms. The Balaban J connectivity index is 1.54. The van der Waals surface area contributed by atoms with Crippen molar-refractivity contribution in [1.29, 1.82) is 0 Å². The van der Waals surface area contributed by atoms with Gasteiger partial charge in [0.05, 0.1) is 41.0 Å². The average Bonchev–Trinajstić information content (AvgIpc) is 3.36. The number of nitrogens with one attached hydrogen (secondary N) is 2. The van der Waals surface area contributed by atoms with Crippen LogP contribution in [0.15, 0.2) is 47.5 Å².